The number of amides is 1. The van der Waals surface area contributed by atoms with Crippen LogP contribution in [0.2, 0.25) is 0 Å². The second kappa shape index (κ2) is 8.47. The van der Waals surface area contributed by atoms with Gasteiger partial charge in [-0.1, -0.05) is 35.5 Å². The molecular weight excluding hydrogens is 368 g/mol. The molecule has 4 aromatic rings. The number of para-hydroxylation sites is 1. The second-order valence-electron chi connectivity index (χ2n) is 6.61. The maximum Gasteiger partial charge on any atom is 0.277 e. The molecule has 1 N–H and O–H groups in total. The Kier molecular flexibility index (Phi) is 5.42. The monoisotopic (exact) mass is 388 g/mol. The van der Waals surface area contributed by atoms with Crippen molar-refractivity contribution in [3.63, 3.8) is 0 Å². The lowest BCUT2D eigenvalue weighted by atomic mass is 10.2. The van der Waals surface area contributed by atoms with E-state index in [2.05, 4.69) is 20.7 Å². The summed E-state index contributed by atoms with van der Waals surface area (Å²) < 4.78 is 3.04. The third-order valence-corrected chi connectivity index (χ3v) is 4.57. The molecular formula is C21H20N6O2. The predicted octanol–water partition coefficient (Wildman–Crippen LogP) is 1.73. The van der Waals surface area contributed by atoms with Crippen molar-refractivity contribution in [3.8, 4) is 5.69 Å². The molecule has 29 heavy (non-hydrogen) atoms. The zero-order chi connectivity index (χ0) is 20.1. The molecule has 0 aliphatic rings. The Bertz CT molecular complexity index is 1180. The van der Waals surface area contributed by atoms with Crippen molar-refractivity contribution >= 4 is 16.8 Å². The number of nitrogens with zero attached hydrogens (tertiary/aromatic N) is 5. The van der Waals surface area contributed by atoms with Crippen molar-refractivity contribution in [2.75, 3.05) is 6.54 Å². The summed E-state index contributed by atoms with van der Waals surface area (Å²) in [7, 11) is 0. The predicted molar refractivity (Wildman–Crippen MR) is 109 cm³/mol. The number of carbonyl (C=O) groups is 1. The van der Waals surface area contributed by atoms with Crippen molar-refractivity contribution in [2.24, 2.45) is 0 Å². The third kappa shape index (κ3) is 4.37. The van der Waals surface area contributed by atoms with Gasteiger partial charge in [0.1, 0.15) is 5.52 Å². The smallest absolute Gasteiger partial charge is 0.277 e. The van der Waals surface area contributed by atoms with E-state index in [1.54, 1.807) is 30.5 Å². The molecule has 0 saturated heterocycles. The summed E-state index contributed by atoms with van der Waals surface area (Å²) in [6.45, 7) is 0.687. The normalized spacial score (nSPS) is 10.9. The first-order valence-corrected chi connectivity index (χ1v) is 9.39. The van der Waals surface area contributed by atoms with Gasteiger partial charge in [0.2, 0.25) is 5.91 Å². The fraction of sp³-hybridized carbons (Fsp3) is 0.190. The molecule has 0 bridgehead atoms. The van der Waals surface area contributed by atoms with Crippen molar-refractivity contribution < 1.29 is 4.79 Å². The van der Waals surface area contributed by atoms with Gasteiger partial charge < -0.3 is 5.32 Å². The van der Waals surface area contributed by atoms with Gasteiger partial charge in [0.05, 0.1) is 23.8 Å². The molecule has 2 aromatic carbocycles. The van der Waals surface area contributed by atoms with Crippen LogP contribution in [-0.4, -0.2) is 37.2 Å². The van der Waals surface area contributed by atoms with Gasteiger partial charge in [-0.05, 0) is 36.2 Å². The second-order valence-corrected chi connectivity index (χ2v) is 6.61. The van der Waals surface area contributed by atoms with Crippen molar-refractivity contribution in [1.82, 2.24) is 30.1 Å². The first-order valence-electron chi connectivity index (χ1n) is 9.39. The lowest BCUT2D eigenvalue weighted by Gasteiger charge is -2.06. The Morgan fingerprint density at radius 2 is 1.83 bits per heavy atom. The van der Waals surface area contributed by atoms with E-state index in [0.29, 0.717) is 23.9 Å². The Balaban J connectivity index is 1.27. The zero-order valence-electron chi connectivity index (χ0n) is 15.7. The first-order chi connectivity index (χ1) is 14.2. The summed E-state index contributed by atoms with van der Waals surface area (Å²) in [5.74, 6) is -0.137. The van der Waals surface area contributed by atoms with Crippen LogP contribution >= 0.6 is 0 Å². The van der Waals surface area contributed by atoms with Gasteiger partial charge in [0.15, 0.2) is 0 Å². The molecule has 0 atom stereocenters. The van der Waals surface area contributed by atoms with Crippen LogP contribution < -0.4 is 10.9 Å². The molecule has 8 nitrogen and oxygen atoms in total. The fourth-order valence-electron chi connectivity index (χ4n) is 3.02. The Hall–Kier alpha value is -3.81. The topological polar surface area (TPSA) is 94.7 Å². The minimum atomic E-state index is -0.239. The maximum absolute atomic E-state index is 12.4. The van der Waals surface area contributed by atoms with Gasteiger partial charge in [-0.15, -0.1) is 5.10 Å². The number of carbonyl (C=O) groups excluding carboxylic acids is 1. The van der Waals surface area contributed by atoms with Crippen molar-refractivity contribution in [2.45, 2.75) is 19.4 Å². The van der Waals surface area contributed by atoms with E-state index in [9.17, 15) is 9.59 Å². The minimum absolute atomic E-state index is 0.137. The number of aromatic nitrogens is 5. The number of aryl methyl sites for hydroxylation is 1. The molecule has 0 fully saturated rings. The third-order valence-electron chi connectivity index (χ3n) is 4.57. The quantitative estimate of drug-likeness (QED) is 0.520. The van der Waals surface area contributed by atoms with Crippen molar-refractivity contribution in [1.29, 1.82) is 0 Å². The largest absolute Gasteiger partial charge is 0.356 e. The standard InChI is InChI=1S/C21H20N6O2/c28-20(11-13-26-21(29)18-8-4-5-9-19(18)24-25-26)22-12-10-16-14-23-27(15-16)17-6-2-1-3-7-17/h1-9,14-15H,10-13H2,(H,22,28). The van der Waals surface area contributed by atoms with E-state index >= 15 is 0 Å². The first kappa shape index (κ1) is 18.5. The van der Waals surface area contributed by atoms with E-state index in [4.69, 9.17) is 0 Å². The highest BCUT2D eigenvalue weighted by atomic mass is 16.2. The number of hydrogen-bond donors (Lipinski definition) is 1. The molecule has 0 aliphatic heterocycles. The Morgan fingerprint density at radius 3 is 2.69 bits per heavy atom. The summed E-state index contributed by atoms with van der Waals surface area (Å²) >= 11 is 0. The van der Waals surface area contributed by atoms with Crippen LogP contribution in [0.25, 0.3) is 16.6 Å². The molecule has 0 spiro atoms. The highest BCUT2D eigenvalue weighted by Crippen LogP contribution is 2.08. The molecule has 146 valence electrons. The highest BCUT2D eigenvalue weighted by Gasteiger charge is 2.08. The maximum atomic E-state index is 12.4. The SMILES string of the molecule is O=C(CCn1nnc2ccccc2c1=O)NCCc1cnn(-c2ccccc2)c1. The molecule has 2 heterocycles. The van der Waals surface area contributed by atoms with Crippen LogP contribution in [0.15, 0.2) is 71.8 Å². The lowest BCUT2D eigenvalue weighted by molar-refractivity contribution is -0.121. The molecule has 8 heteroatoms. The van der Waals surface area contributed by atoms with E-state index in [1.165, 1.54) is 4.68 Å². The van der Waals surface area contributed by atoms with E-state index in [1.807, 2.05) is 41.2 Å². The summed E-state index contributed by atoms with van der Waals surface area (Å²) in [6, 6.07) is 16.9. The van der Waals surface area contributed by atoms with Crippen LogP contribution in [0, 0.1) is 0 Å². The molecule has 4 rings (SSSR count). The molecule has 0 unspecified atom stereocenters. The van der Waals surface area contributed by atoms with Crippen LogP contribution in [0.3, 0.4) is 0 Å². The number of hydrogen-bond acceptors (Lipinski definition) is 5. The van der Waals surface area contributed by atoms with E-state index in [0.717, 1.165) is 11.3 Å². The molecule has 0 radical (unpaired) electrons. The van der Waals surface area contributed by atoms with Gasteiger partial charge in [-0.3, -0.25) is 9.59 Å². The average molecular weight is 388 g/mol. The summed E-state index contributed by atoms with van der Waals surface area (Å²) in [5.41, 5.74) is 2.33. The summed E-state index contributed by atoms with van der Waals surface area (Å²) in [5, 5.41) is 15.6. The molecule has 1 amide bonds. The van der Waals surface area contributed by atoms with Gasteiger partial charge >= 0.3 is 0 Å². The van der Waals surface area contributed by atoms with Crippen molar-refractivity contribution in [3.05, 3.63) is 82.9 Å². The highest BCUT2D eigenvalue weighted by molar-refractivity contribution is 5.77. The molecule has 0 saturated carbocycles. The average Bonchev–Trinajstić information content (AvgIpc) is 3.23. The van der Waals surface area contributed by atoms with Gasteiger partial charge in [-0.2, -0.15) is 5.10 Å². The number of rotatable bonds is 7. The number of benzene rings is 2. The molecule has 0 aliphatic carbocycles. The van der Waals surface area contributed by atoms with Crippen LogP contribution in [0.4, 0.5) is 0 Å². The minimum Gasteiger partial charge on any atom is -0.356 e. The van der Waals surface area contributed by atoms with Crippen LogP contribution in [0.1, 0.15) is 12.0 Å². The summed E-state index contributed by atoms with van der Waals surface area (Å²) in [6.07, 6.45) is 4.58. The number of fused-ring (bicyclic) bond motifs is 1. The lowest BCUT2D eigenvalue weighted by Crippen LogP contribution is -2.30. The Labute approximate surface area is 166 Å². The van der Waals surface area contributed by atoms with Crippen LogP contribution in [-0.2, 0) is 17.8 Å². The van der Waals surface area contributed by atoms with Crippen LogP contribution in [0.5, 0.6) is 0 Å². The number of nitrogens with one attached hydrogen (secondary N) is 1. The van der Waals surface area contributed by atoms with E-state index in [-0.39, 0.29) is 24.4 Å². The zero-order valence-corrected chi connectivity index (χ0v) is 15.7. The van der Waals surface area contributed by atoms with E-state index < -0.39 is 0 Å². The van der Waals surface area contributed by atoms with Gasteiger partial charge in [0, 0.05) is 19.2 Å². The molecule has 2 aromatic heterocycles. The fourth-order valence-corrected chi connectivity index (χ4v) is 3.02. The van der Waals surface area contributed by atoms with Gasteiger partial charge in [-0.25, -0.2) is 9.36 Å². The van der Waals surface area contributed by atoms with Gasteiger partial charge in [0.25, 0.3) is 5.56 Å². The Morgan fingerprint density at radius 1 is 1.03 bits per heavy atom. The summed E-state index contributed by atoms with van der Waals surface area (Å²) in [4.78, 5) is 24.5.